The van der Waals surface area contributed by atoms with Crippen LogP contribution in [0.1, 0.15) is 11.1 Å². The molecule has 0 saturated carbocycles. The molecule has 7 heteroatoms. The molecule has 1 fully saturated rings. The maximum atomic E-state index is 6.42. The number of nitrogens with one attached hydrogen (secondary N) is 1. The molecule has 4 rings (SSSR count). The minimum Gasteiger partial charge on any atom is -0.353 e. The van der Waals surface area contributed by atoms with E-state index in [0.717, 1.165) is 60.6 Å². The molecule has 0 radical (unpaired) electrons. The van der Waals surface area contributed by atoms with Gasteiger partial charge in [-0.3, -0.25) is 0 Å². The number of hydrogen-bond donors (Lipinski definition) is 1. The van der Waals surface area contributed by atoms with Gasteiger partial charge in [-0.2, -0.15) is 4.98 Å². The fourth-order valence-electron chi connectivity index (χ4n) is 3.45. The van der Waals surface area contributed by atoms with E-state index in [1.807, 2.05) is 50.4 Å². The maximum Gasteiger partial charge on any atom is 0.227 e. The van der Waals surface area contributed by atoms with Gasteiger partial charge in [-0.25, -0.2) is 9.97 Å². The molecule has 0 spiro atoms. The normalized spacial score (nSPS) is 14.2. The Morgan fingerprint density at radius 2 is 1.71 bits per heavy atom. The lowest BCUT2D eigenvalue weighted by molar-refractivity contribution is 0.635. The van der Waals surface area contributed by atoms with Crippen molar-refractivity contribution in [2.45, 2.75) is 13.8 Å². The van der Waals surface area contributed by atoms with Crippen LogP contribution in [-0.4, -0.2) is 41.1 Å². The van der Waals surface area contributed by atoms with Crippen LogP contribution in [0.3, 0.4) is 0 Å². The van der Waals surface area contributed by atoms with Gasteiger partial charge in [-0.05, 0) is 49.2 Å². The van der Waals surface area contributed by atoms with E-state index >= 15 is 0 Å². The lowest BCUT2D eigenvalue weighted by Crippen LogP contribution is -2.47. The number of aryl methyl sites for hydroxylation is 2. The van der Waals surface area contributed by atoms with Crippen molar-refractivity contribution >= 4 is 34.9 Å². The zero-order valence-corrected chi connectivity index (χ0v) is 16.8. The van der Waals surface area contributed by atoms with Crippen molar-refractivity contribution in [2.75, 3.05) is 41.3 Å². The number of nitrogens with zero attached hydrogens (tertiary/aromatic N) is 5. The van der Waals surface area contributed by atoms with Gasteiger partial charge in [-0.1, -0.05) is 23.7 Å². The molecular formula is C21H23ClN6. The number of anilines is 4. The van der Waals surface area contributed by atoms with Crippen LogP contribution in [0.2, 0.25) is 5.02 Å². The Hall–Kier alpha value is -2.86. The number of benzene rings is 1. The van der Waals surface area contributed by atoms with Crippen LogP contribution in [0, 0.1) is 13.8 Å². The number of aromatic nitrogens is 3. The van der Waals surface area contributed by atoms with Gasteiger partial charge < -0.3 is 15.1 Å². The number of hydrogen-bond acceptors (Lipinski definition) is 6. The monoisotopic (exact) mass is 394 g/mol. The summed E-state index contributed by atoms with van der Waals surface area (Å²) in [6.07, 6.45) is 3.62. The standard InChI is InChI=1S/C21H23ClN6/c1-15-13-16(2)20(17(22)14-15)25-18-6-8-24-21(26-18)28-11-9-27(10-12-28)19-5-3-4-7-23-19/h3-8,13-14H,9-12H2,1-2H3,(H,24,25,26). The highest BCUT2D eigenvalue weighted by atomic mass is 35.5. The molecule has 0 unspecified atom stereocenters. The Kier molecular flexibility index (Phi) is 5.30. The first-order valence-corrected chi connectivity index (χ1v) is 9.76. The number of pyridine rings is 1. The topological polar surface area (TPSA) is 57.2 Å². The summed E-state index contributed by atoms with van der Waals surface area (Å²) < 4.78 is 0. The lowest BCUT2D eigenvalue weighted by Gasteiger charge is -2.35. The SMILES string of the molecule is Cc1cc(C)c(Nc2ccnc(N3CCN(c4ccccn4)CC3)n2)c(Cl)c1. The summed E-state index contributed by atoms with van der Waals surface area (Å²) in [7, 11) is 0. The van der Waals surface area contributed by atoms with Gasteiger partial charge in [0.25, 0.3) is 0 Å². The Morgan fingerprint density at radius 3 is 2.43 bits per heavy atom. The zero-order chi connectivity index (χ0) is 19.5. The molecule has 144 valence electrons. The molecule has 28 heavy (non-hydrogen) atoms. The average molecular weight is 395 g/mol. The summed E-state index contributed by atoms with van der Waals surface area (Å²) >= 11 is 6.42. The minimum absolute atomic E-state index is 0.696. The number of rotatable bonds is 4. The Bertz CT molecular complexity index is 931. The molecule has 3 aromatic rings. The fraction of sp³-hybridized carbons (Fsp3) is 0.286. The van der Waals surface area contributed by atoms with Crippen LogP contribution in [0.4, 0.5) is 23.3 Å². The van der Waals surface area contributed by atoms with E-state index in [1.165, 1.54) is 0 Å². The minimum atomic E-state index is 0.696. The molecule has 1 aromatic carbocycles. The van der Waals surface area contributed by atoms with Crippen LogP contribution in [-0.2, 0) is 0 Å². The van der Waals surface area contributed by atoms with E-state index in [4.69, 9.17) is 16.6 Å². The first-order chi connectivity index (χ1) is 13.6. The van der Waals surface area contributed by atoms with Gasteiger partial charge >= 0.3 is 0 Å². The van der Waals surface area contributed by atoms with Crippen LogP contribution in [0.15, 0.2) is 48.8 Å². The van der Waals surface area contributed by atoms with E-state index < -0.39 is 0 Å². The molecule has 0 amide bonds. The first kappa shape index (κ1) is 18.5. The van der Waals surface area contributed by atoms with Crippen molar-refractivity contribution in [3.05, 3.63) is 64.9 Å². The van der Waals surface area contributed by atoms with Gasteiger partial charge in [0.2, 0.25) is 5.95 Å². The van der Waals surface area contributed by atoms with Gasteiger partial charge in [0.15, 0.2) is 0 Å². The van der Waals surface area contributed by atoms with E-state index in [1.54, 1.807) is 6.20 Å². The van der Waals surface area contributed by atoms with Crippen LogP contribution in [0.25, 0.3) is 0 Å². The third-order valence-corrected chi connectivity index (χ3v) is 5.16. The van der Waals surface area contributed by atoms with E-state index in [0.29, 0.717) is 5.02 Å². The molecule has 0 aliphatic carbocycles. The highest BCUT2D eigenvalue weighted by Gasteiger charge is 2.20. The smallest absolute Gasteiger partial charge is 0.227 e. The van der Waals surface area contributed by atoms with Gasteiger partial charge in [0.1, 0.15) is 11.6 Å². The van der Waals surface area contributed by atoms with Gasteiger partial charge in [0, 0.05) is 38.6 Å². The van der Waals surface area contributed by atoms with Crippen molar-refractivity contribution in [3.63, 3.8) is 0 Å². The molecule has 1 aliphatic heterocycles. The van der Waals surface area contributed by atoms with Crippen molar-refractivity contribution in [1.29, 1.82) is 0 Å². The predicted molar refractivity (Wildman–Crippen MR) is 115 cm³/mol. The largest absolute Gasteiger partial charge is 0.353 e. The fourth-order valence-corrected chi connectivity index (χ4v) is 3.82. The Labute approximate surface area is 170 Å². The summed E-state index contributed by atoms with van der Waals surface area (Å²) in [6.45, 7) is 7.56. The summed E-state index contributed by atoms with van der Waals surface area (Å²) in [5.41, 5.74) is 3.12. The van der Waals surface area contributed by atoms with Crippen molar-refractivity contribution in [1.82, 2.24) is 15.0 Å². The van der Waals surface area contributed by atoms with E-state index in [2.05, 4.69) is 31.2 Å². The molecule has 2 aromatic heterocycles. The number of halogens is 1. The molecule has 3 heterocycles. The molecule has 1 saturated heterocycles. The van der Waals surface area contributed by atoms with Crippen molar-refractivity contribution < 1.29 is 0 Å². The summed E-state index contributed by atoms with van der Waals surface area (Å²) in [5.74, 6) is 2.49. The molecular weight excluding hydrogens is 372 g/mol. The molecule has 0 atom stereocenters. The predicted octanol–water partition coefficient (Wildman–Crippen LogP) is 4.21. The van der Waals surface area contributed by atoms with Crippen molar-refractivity contribution in [3.8, 4) is 0 Å². The molecule has 1 N–H and O–H groups in total. The Morgan fingerprint density at radius 1 is 0.929 bits per heavy atom. The van der Waals surface area contributed by atoms with E-state index in [9.17, 15) is 0 Å². The first-order valence-electron chi connectivity index (χ1n) is 9.38. The molecule has 6 nitrogen and oxygen atoms in total. The second-order valence-corrected chi connectivity index (χ2v) is 7.37. The van der Waals surface area contributed by atoms with Crippen LogP contribution in [0.5, 0.6) is 0 Å². The van der Waals surface area contributed by atoms with Crippen LogP contribution >= 0.6 is 11.6 Å². The average Bonchev–Trinajstić information content (AvgIpc) is 2.72. The zero-order valence-electron chi connectivity index (χ0n) is 16.1. The molecule has 1 aliphatic rings. The van der Waals surface area contributed by atoms with E-state index in [-0.39, 0.29) is 0 Å². The second kappa shape index (κ2) is 8.02. The van der Waals surface area contributed by atoms with Crippen molar-refractivity contribution in [2.24, 2.45) is 0 Å². The second-order valence-electron chi connectivity index (χ2n) is 6.97. The third-order valence-electron chi connectivity index (χ3n) is 4.86. The molecule has 0 bridgehead atoms. The van der Waals surface area contributed by atoms with Gasteiger partial charge in [0.05, 0.1) is 10.7 Å². The lowest BCUT2D eigenvalue weighted by atomic mass is 10.1. The quantitative estimate of drug-likeness (QED) is 0.715. The van der Waals surface area contributed by atoms with Crippen LogP contribution < -0.4 is 15.1 Å². The maximum absolute atomic E-state index is 6.42. The summed E-state index contributed by atoms with van der Waals surface area (Å²) in [5, 5.41) is 4.05. The summed E-state index contributed by atoms with van der Waals surface area (Å²) in [4.78, 5) is 18.1. The highest BCUT2D eigenvalue weighted by Crippen LogP contribution is 2.30. The van der Waals surface area contributed by atoms with Gasteiger partial charge in [-0.15, -0.1) is 0 Å². The summed E-state index contributed by atoms with van der Waals surface area (Å²) in [6, 6.07) is 11.9. The number of piperazine rings is 1. The third kappa shape index (κ3) is 4.02. The highest BCUT2D eigenvalue weighted by molar-refractivity contribution is 6.33. The Balaban J connectivity index is 1.46.